The van der Waals surface area contributed by atoms with Gasteiger partial charge in [-0.25, -0.2) is 0 Å². The van der Waals surface area contributed by atoms with Crippen molar-refractivity contribution in [3.05, 3.63) is 97.0 Å². The van der Waals surface area contributed by atoms with Gasteiger partial charge in [0.15, 0.2) is 0 Å². The molecule has 7 heteroatoms. The number of carbonyl (C=O) groups excluding carboxylic acids is 1. The number of carbonyl (C=O) groups is 1. The van der Waals surface area contributed by atoms with Crippen molar-refractivity contribution >= 4 is 40.8 Å². The van der Waals surface area contributed by atoms with E-state index in [1.165, 1.54) is 0 Å². The van der Waals surface area contributed by atoms with E-state index in [1.807, 2.05) is 69.3 Å². The van der Waals surface area contributed by atoms with Gasteiger partial charge in [-0.1, -0.05) is 59.1 Å². The lowest BCUT2D eigenvalue weighted by Gasteiger charge is -2.28. The molecule has 0 spiro atoms. The van der Waals surface area contributed by atoms with Gasteiger partial charge in [-0.3, -0.25) is 4.79 Å². The Morgan fingerprint density at radius 1 is 0.943 bits per heavy atom. The largest absolute Gasteiger partial charge is 0.489 e. The molecule has 4 nitrogen and oxygen atoms in total. The number of benzene rings is 3. The van der Waals surface area contributed by atoms with Crippen molar-refractivity contribution < 1.29 is 19.4 Å². The van der Waals surface area contributed by atoms with E-state index in [1.54, 1.807) is 0 Å². The number of ether oxygens (including phenoxy) is 2. The molecule has 3 aromatic carbocycles. The molecule has 0 saturated carbocycles. The third-order valence-corrected chi connectivity index (χ3v) is 7.32. The lowest BCUT2D eigenvalue weighted by molar-refractivity contribution is -0.162. The van der Waals surface area contributed by atoms with Gasteiger partial charge >= 0.3 is 5.97 Å². The minimum atomic E-state index is -0.729. The highest BCUT2D eigenvalue weighted by molar-refractivity contribution is 6.32. The first-order valence-corrected chi connectivity index (χ1v) is 12.6. The number of esters is 1. The predicted octanol–water partition coefficient (Wildman–Crippen LogP) is 7.20. The Morgan fingerprint density at radius 3 is 2.09 bits per heavy atom. The maximum absolute atomic E-state index is 11.8. The maximum Gasteiger partial charge on any atom is 0.308 e. The fourth-order valence-electron chi connectivity index (χ4n) is 4.44. The molecule has 2 unspecified atom stereocenters. The number of hydrogen-bond donors (Lipinski definition) is 1. The number of aryl methyl sites for hydroxylation is 3. The number of cyclic esters (lactones) is 1. The summed E-state index contributed by atoms with van der Waals surface area (Å²) < 4.78 is 11.7. The average molecular weight is 534 g/mol. The zero-order valence-corrected chi connectivity index (χ0v) is 22.0. The van der Waals surface area contributed by atoms with Crippen LogP contribution in [-0.4, -0.2) is 29.9 Å². The summed E-state index contributed by atoms with van der Waals surface area (Å²) in [4.78, 5) is 11.8. The second kappa shape index (κ2) is 10.8. The van der Waals surface area contributed by atoms with Crippen LogP contribution < -0.4 is 4.74 Å². The molecule has 1 aliphatic rings. The van der Waals surface area contributed by atoms with Gasteiger partial charge in [-0.05, 0) is 72.9 Å². The molecule has 0 amide bonds. The van der Waals surface area contributed by atoms with Crippen LogP contribution in [0.3, 0.4) is 0 Å². The van der Waals surface area contributed by atoms with Gasteiger partial charge in [0, 0.05) is 33.0 Å². The lowest BCUT2D eigenvalue weighted by Crippen LogP contribution is -2.36. The molecule has 2 atom stereocenters. The summed E-state index contributed by atoms with van der Waals surface area (Å²) in [5.74, 6) is -0.0473. The maximum atomic E-state index is 11.8. The molecule has 184 valence electrons. The second-order valence-electron chi connectivity index (χ2n) is 9.11. The quantitative estimate of drug-likeness (QED) is 0.269. The molecule has 1 heterocycles. The number of rotatable bonds is 6. The first kappa shape index (κ1) is 25.8. The van der Waals surface area contributed by atoms with Crippen LogP contribution in [0.2, 0.25) is 15.1 Å². The summed E-state index contributed by atoms with van der Waals surface area (Å²) in [6.45, 7) is 5.96. The summed E-state index contributed by atoms with van der Waals surface area (Å²) in [5, 5.41) is 11.9. The van der Waals surface area contributed by atoms with Crippen LogP contribution in [-0.2, 0) is 9.53 Å². The minimum absolute atomic E-state index is 0.00611. The average Bonchev–Trinajstić information content (AvgIpc) is 2.77. The SMILES string of the molecule is Cc1ccc(C(c2ccc(C)c(Cl)c2)c2cc(Cl)cc(C)c2OCC2CC(O)CC(=O)O2)cc1Cl. The molecule has 3 aromatic rings. The predicted molar refractivity (Wildman–Crippen MR) is 140 cm³/mol. The second-order valence-corrected chi connectivity index (χ2v) is 10.4. The third-order valence-electron chi connectivity index (χ3n) is 6.29. The Hall–Kier alpha value is -2.24. The van der Waals surface area contributed by atoms with E-state index in [2.05, 4.69) is 0 Å². The lowest BCUT2D eigenvalue weighted by atomic mass is 9.83. The van der Waals surface area contributed by atoms with Crippen molar-refractivity contribution in [2.45, 2.75) is 51.7 Å². The van der Waals surface area contributed by atoms with Crippen molar-refractivity contribution in [3.63, 3.8) is 0 Å². The van der Waals surface area contributed by atoms with Crippen molar-refractivity contribution in [1.29, 1.82) is 0 Å². The van der Waals surface area contributed by atoms with Crippen molar-refractivity contribution in [1.82, 2.24) is 0 Å². The Morgan fingerprint density at radius 2 is 1.54 bits per heavy atom. The smallest absolute Gasteiger partial charge is 0.308 e. The van der Waals surface area contributed by atoms with Gasteiger partial charge in [-0.2, -0.15) is 0 Å². The van der Waals surface area contributed by atoms with Crippen LogP contribution >= 0.6 is 34.8 Å². The van der Waals surface area contributed by atoms with E-state index in [0.29, 0.717) is 27.2 Å². The molecule has 1 aliphatic heterocycles. The van der Waals surface area contributed by atoms with Gasteiger partial charge < -0.3 is 14.6 Å². The molecule has 0 bridgehead atoms. The molecule has 1 saturated heterocycles. The molecule has 0 aromatic heterocycles. The van der Waals surface area contributed by atoms with E-state index < -0.39 is 18.2 Å². The number of aliphatic hydroxyl groups is 1. The summed E-state index contributed by atoms with van der Waals surface area (Å²) in [5.41, 5.74) is 5.58. The highest BCUT2D eigenvalue weighted by atomic mass is 35.5. The summed E-state index contributed by atoms with van der Waals surface area (Å²) >= 11 is 19.6. The molecular formula is C28H27Cl3O4. The first-order valence-electron chi connectivity index (χ1n) is 11.4. The zero-order chi connectivity index (χ0) is 25.3. The Balaban J connectivity index is 1.81. The van der Waals surface area contributed by atoms with Crippen LogP contribution in [0, 0.1) is 20.8 Å². The third kappa shape index (κ3) is 5.95. The fourth-order valence-corrected chi connectivity index (χ4v) is 5.10. The van der Waals surface area contributed by atoms with E-state index in [9.17, 15) is 9.90 Å². The molecular weight excluding hydrogens is 507 g/mol. The van der Waals surface area contributed by atoms with E-state index in [-0.39, 0.29) is 18.9 Å². The Bertz CT molecular complexity index is 1210. The standard InChI is InChI=1S/C28H27Cl3O4/c1-15-4-6-18(9-24(15)30)27(19-7-5-16(2)25(31)10-19)23-11-20(29)8-17(3)28(23)34-14-22-12-21(32)13-26(33)35-22/h4-11,21-22,27,32H,12-14H2,1-3H3. The van der Waals surface area contributed by atoms with Crippen LogP contribution in [0.15, 0.2) is 48.5 Å². The summed E-state index contributed by atoms with van der Waals surface area (Å²) in [6, 6.07) is 15.7. The first-order chi connectivity index (χ1) is 16.6. The van der Waals surface area contributed by atoms with Crippen molar-refractivity contribution in [3.8, 4) is 5.75 Å². The molecule has 0 aliphatic carbocycles. The summed E-state index contributed by atoms with van der Waals surface area (Å²) in [6.07, 6.45) is -0.923. The van der Waals surface area contributed by atoms with Gasteiger partial charge in [0.2, 0.25) is 0 Å². The minimum Gasteiger partial charge on any atom is -0.489 e. The van der Waals surface area contributed by atoms with Crippen LogP contribution in [0.1, 0.15) is 52.1 Å². The van der Waals surface area contributed by atoms with Crippen molar-refractivity contribution in [2.24, 2.45) is 0 Å². The topological polar surface area (TPSA) is 55.8 Å². The Kier molecular flexibility index (Phi) is 7.97. The molecule has 4 rings (SSSR count). The highest BCUT2D eigenvalue weighted by Crippen LogP contribution is 2.42. The van der Waals surface area contributed by atoms with Gasteiger partial charge in [0.1, 0.15) is 18.5 Å². The normalized spacial score (nSPS) is 18.0. The highest BCUT2D eigenvalue weighted by Gasteiger charge is 2.29. The van der Waals surface area contributed by atoms with E-state index >= 15 is 0 Å². The molecule has 0 radical (unpaired) electrons. The van der Waals surface area contributed by atoms with Crippen LogP contribution in [0.5, 0.6) is 5.75 Å². The zero-order valence-electron chi connectivity index (χ0n) is 19.8. The van der Waals surface area contributed by atoms with Crippen LogP contribution in [0.25, 0.3) is 0 Å². The number of aliphatic hydroxyl groups excluding tert-OH is 1. The number of hydrogen-bond acceptors (Lipinski definition) is 4. The van der Waals surface area contributed by atoms with Gasteiger partial charge in [-0.15, -0.1) is 0 Å². The van der Waals surface area contributed by atoms with Crippen molar-refractivity contribution in [2.75, 3.05) is 6.61 Å². The van der Waals surface area contributed by atoms with Gasteiger partial charge in [0.25, 0.3) is 0 Å². The molecule has 1 fully saturated rings. The molecule has 1 N–H and O–H groups in total. The monoisotopic (exact) mass is 532 g/mol. The van der Waals surface area contributed by atoms with Gasteiger partial charge in [0.05, 0.1) is 12.5 Å². The van der Waals surface area contributed by atoms with E-state index in [0.717, 1.165) is 33.4 Å². The fraction of sp³-hybridized carbons (Fsp3) is 0.321. The Labute approximate surface area is 220 Å². The number of halogens is 3. The van der Waals surface area contributed by atoms with E-state index in [4.69, 9.17) is 44.3 Å². The molecule has 35 heavy (non-hydrogen) atoms. The van der Waals surface area contributed by atoms with Crippen LogP contribution in [0.4, 0.5) is 0 Å². The summed E-state index contributed by atoms with van der Waals surface area (Å²) in [7, 11) is 0.